The van der Waals surface area contributed by atoms with E-state index in [2.05, 4.69) is 11.8 Å². The fourth-order valence-electron chi connectivity index (χ4n) is 1.51. The molecule has 1 rings (SSSR count). The van der Waals surface area contributed by atoms with Gasteiger partial charge >= 0.3 is 0 Å². The van der Waals surface area contributed by atoms with E-state index in [1.807, 2.05) is 26.2 Å². The average molecular weight is 194 g/mol. The monoisotopic (exact) mass is 194 g/mol. The lowest BCUT2D eigenvalue weighted by Gasteiger charge is -2.19. The van der Waals surface area contributed by atoms with E-state index >= 15 is 0 Å². The zero-order chi connectivity index (χ0) is 10.7. The molecule has 0 saturated carbocycles. The van der Waals surface area contributed by atoms with Crippen molar-refractivity contribution < 1.29 is 4.74 Å². The highest BCUT2D eigenvalue weighted by molar-refractivity contribution is 5.66. The Balaban J connectivity index is 3.25. The van der Waals surface area contributed by atoms with Gasteiger partial charge in [0.25, 0.3) is 0 Å². The van der Waals surface area contributed by atoms with Crippen molar-refractivity contribution in [1.82, 2.24) is 0 Å². The minimum Gasteiger partial charge on any atom is -0.495 e. The van der Waals surface area contributed by atoms with Crippen molar-refractivity contribution in [3.8, 4) is 5.75 Å². The summed E-state index contributed by atoms with van der Waals surface area (Å²) in [7, 11) is 5.67. The minimum atomic E-state index is 0.704. The van der Waals surface area contributed by atoms with Gasteiger partial charge in [0.1, 0.15) is 5.75 Å². The molecule has 0 bridgehead atoms. The summed E-state index contributed by atoms with van der Waals surface area (Å²) in [6.07, 6.45) is 0.974. The third-order valence-corrected chi connectivity index (χ3v) is 2.29. The van der Waals surface area contributed by atoms with Crippen LogP contribution >= 0.6 is 0 Å². The zero-order valence-electron chi connectivity index (χ0n) is 9.29. The van der Waals surface area contributed by atoms with Gasteiger partial charge in [-0.15, -0.1) is 0 Å². The largest absolute Gasteiger partial charge is 0.495 e. The molecule has 2 N–H and O–H groups in total. The SMILES string of the molecule is CCc1cc(N)c(OC)cc1N(C)C. The van der Waals surface area contributed by atoms with E-state index in [9.17, 15) is 0 Å². The number of anilines is 2. The Hall–Kier alpha value is -1.38. The number of methoxy groups -OCH3 is 1. The highest BCUT2D eigenvalue weighted by atomic mass is 16.5. The third-order valence-electron chi connectivity index (χ3n) is 2.29. The molecule has 0 heterocycles. The fourth-order valence-corrected chi connectivity index (χ4v) is 1.51. The van der Waals surface area contributed by atoms with E-state index in [-0.39, 0.29) is 0 Å². The van der Waals surface area contributed by atoms with Crippen LogP contribution in [0.15, 0.2) is 12.1 Å². The van der Waals surface area contributed by atoms with Crippen LogP contribution in [-0.2, 0) is 6.42 Å². The number of hydrogen-bond donors (Lipinski definition) is 1. The standard InChI is InChI=1S/C11H18N2O/c1-5-8-6-9(12)11(14-4)7-10(8)13(2)3/h6-7H,5,12H2,1-4H3. The maximum Gasteiger partial charge on any atom is 0.143 e. The summed E-state index contributed by atoms with van der Waals surface area (Å²) in [5, 5.41) is 0. The summed E-state index contributed by atoms with van der Waals surface area (Å²) in [6.45, 7) is 2.12. The van der Waals surface area contributed by atoms with E-state index < -0.39 is 0 Å². The maximum atomic E-state index is 5.83. The Bertz CT molecular complexity index is 321. The van der Waals surface area contributed by atoms with Crippen molar-refractivity contribution in [1.29, 1.82) is 0 Å². The molecule has 1 aromatic carbocycles. The molecular formula is C11H18N2O. The molecule has 0 unspecified atom stereocenters. The topological polar surface area (TPSA) is 38.5 Å². The first-order valence-electron chi connectivity index (χ1n) is 4.73. The molecule has 0 spiro atoms. The van der Waals surface area contributed by atoms with Crippen molar-refractivity contribution >= 4 is 11.4 Å². The molecule has 0 fully saturated rings. The molecule has 1 aromatic rings. The van der Waals surface area contributed by atoms with Crippen LogP contribution in [0.5, 0.6) is 5.75 Å². The number of aryl methyl sites for hydroxylation is 1. The Morgan fingerprint density at radius 2 is 2.00 bits per heavy atom. The Labute approximate surface area is 85.5 Å². The van der Waals surface area contributed by atoms with Crippen LogP contribution in [0.2, 0.25) is 0 Å². The summed E-state index contributed by atoms with van der Waals surface area (Å²) in [5.41, 5.74) is 8.95. The molecule has 0 amide bonds. The van der Waals surface area contributed by atoms with Gasteiger partial charge in [0.2, 0.25) is 0 Å². The second-order valence-corrected chi connectivity index (χ2v) is 3.47. The highest BCUT2D eigenvalue weighted by Crippen LogP contribution is 2.30. The molecule has 0 saturated heterocycles. The molecule has 0 atom stereocenters. The smallest absolute Gasteiger partial charge is 0.143 e. The number of ether oxygens (including phenoxy) is 1. The number of rotatable bonds is 3. The van der Waals surface area contributed by atoms with Gasteiger partial charge in [0.15, 0.2) is 0 Å². The lowest BCUT2D eigenvalue weighted by Crippen LogP contribution is -2.12. The first-order chi connectivity index (χ1) is 6.60. The molecule has 78 valence electrons. The van der Waals surface area contributed by atoms with Gasteiger partial charge in [0, 0.05) is 25.8 Å². The number of nitrogens with two attached hydrogens (primary N) is 1. The van der Waals surface area contributed by atoms with Gasteiger partial charge < -0.3 is 15.4 Å². The average Bonchev–Trinajstić information content (AvgIpc) is 2.16. The Morgan fingerprint density at radius 3 is 2.43 bits per heavy atom. The number of benzene rings is 1. The van der Waals surface area contributed by atoms with Gasteiger partial charge in [0.05, 0.1) is 12.8 Å². The molecule has 0 aliphatic heterocycles. The molecule has 0 aliphatic carbocycles. The first kappa shape index (κ1) is 10.7. The normalized spacial score (nSPS) is 10.0. The quantitative estimate of drug-likeness (QED) is 0.747. The van der Waals surface area contributed by atoms with Crippen molar-refractivity contribution in [2.75, 3.05) is 31.8 Å². The van der Waals surface area contributed by atoms with Crippen LogP contribution in [0, 0.1) is 0 Å². The summed E-state index contributed by atoms with van der Waals surface area (Å²) in [5.74, 6) is 0.742. The molecular weight excluding hydrogens is 176 g/mol. The zero-order valence-corrected chi connectivity index (χ0v) is 9.29. The van der Waals surface area contributed by atoms with Crippen LogP contribution in [-0.4, -0.2) is 21.2 Å². The van der Waals surface area contributed by atoms with E-state index in [0.29, 0.717) is 5.69 Å². The van der Waals surface area contributed by atoms with Crippen LogP contribution in [0.3, 0.4) is 0 Å². The lowest BCUT2D eigenvalue weighted by molar-refractivity contribution is 0.417. The number of hydrogen-bond acceptors (Lipinski definition) is 3. The summed E-state index contributed by atoms with van der Waals surface area (Å²) in [6, 6.07) is 3.96. The molecule has 14 heavy (non-hydrogen) atoms. The molecule has 0 radical (unpaired) electrons. The van der Waals surface area contributed by atoms with Crippen LogP contribution in [0.25, 0.3) is 0 Å². The molecule has 3 nitrogen and oxygen atoms in total. The van der Waals surface area contributed by atoms with E-state index in [1.54, 1.807) is 7.11 Å². The van der Waals surface area contributed by atoms with Crippen LogP contribution < -0.4 is 15.4 Å². The van der Waals surface area contributed by atoms with Crippen molar-refractivity contribution in [3.05, 3.63) is 17.7 Å². The summed E-state index contributed by atoms with van der Waals surface area (Å²) < 4.78 is 5.18. The van der Waals surface area contributed by atoms with Gasteiger partial charge in [-0.05, 0) is 18.1 Å². The summed E-state index contributed by atoms with van der Waals surface area (Å²) >= 11 is 0. The van der Waals surface area contributed by atoms with E-state index in [0.717, 1.165) is 12.2 Å². The third kappa shape index (κ3) is 1.92. The highest BCUT2D eigenvalue weighted by Gasteiger charge is 2.08. The van der Waals surface area contributed by atoms with Gasteiger partial charge in [-0.25, -0.2) is 0 Å². The van der Waals surface area contributed by atoms with Crippen molar-refractivity contribution in [2.45, 2.75) is 13.3 Å². The fraction of sp³-hybridized carbons (Fsp3) is 0.455. The predicted octanol–water partition coefficient (Wildman–Crippen LogP) is 1.91. The number of nitrogen functional groups attached to an aromatic ring is 1. The van der Waals surface area contributed by atoms with E-state index in [1.165, 1.54) is 11.3 Å². The van der Waals surface area contributed by atoms with Crippen molar-refractivity contribution in [2.24, 2.45) is 0 Å². The second kappa shape index (κ2) is 4.22. The number of nitrogens with zero attached hydrogens (tertiary/aromatic N) is 1. The Morgan fingerprint density at radius 1 is 1.36 bits per heavy atom. The molecule has 3 heteroatoms. The minimum absolute atomic E-state index is 0.704. The van der Waals surface area contributed by atoms with Gasteiger partial charge in [-0.3, -0.25) is 0 Å². The van der Waals surface area contributed by atoms with Gasteiger partial charge in [-0.1, -0.05) is 6.92 Å². The van der Waals surface area contributed by atoms with Gasteiger partial charge in [-0.2, -0.15) is 0 Å². The lowest BCUT2D eigenvalue weighted by atomic mass is 10.1. The first-order valence-corrected chi connectivity index (χ1v) is 4.73. The van der Waals surface area contributed by atoms with Crippen LogP contribution in [0.1, 0.15) is 12.5 Å². The maximum absolute atomic E-state index is 5.83. The molecule has 0 aromatic heterocycles. The molecule has 0 aliphatic rings. The Kier molecular flexibility index (Phi) is 3.23. The summed E-state index contributed by atoms with van der Waals surface area (Å²) in [4.78, 5) is 2.07. The van der Waals surface area contributed by atoms with E-state index in [4.69, 9.17) is 10.5 Å². The van der Waals surface area contributed by atoms with Crippen LogP contribution in [0.4, 0.5) is 11.4 Å². The second-order valence-electron chi connectivity index (χ2n) is 3.47. The van der Waals surface area contributed by atoms with Crippen molar-refractivity contribution in [3.63, 3.8) is 0 Å². The predicted molar refractivity (Wildman–Crippen MR) is 61.1 cm³/mol.